The minimum absolute atomic E-state index is 0.0313. The average Bonchev–Trinajstić information content (AvgIpc) is 2.55. The maximum absolute atomic E-state index is 9.93. The van der Waals surface area contributed by atoms with Crippen molar-refractivity contribution < 1.29 is 15.0 Å². The van der Waals surface area contributed by atoms with E-state index in [0.29, 0.717) is 11.3 Å². The topological polar surface area (TPSA) is 57.5 Å². The standard InChI is InChI=1S/C12H20O.C2H4O2/c1-3-9-6-7-10-11(13)5-4-8-12(9,10)2;1-2(3)4/h3,10-11,13H,4-8H2,1-2H3;1H3,(H,3,4)/t10-,11-,12+;/m0./s1. The van der Waals surface area contributed by atoms with Crippen LogP contribution < -0.4 is 0 Å². The number of carboxylic acids is 1. The zero-order valence-corrected chi connectivity index (χ0v) is 11.1. The molecule has 0 aromatic heterocycles. The summed E-state index contributed by atoms with van der Waals surface area (Å²) in [5, 5.41) is 17.3. The molecule has 0 aliphatic heterocycles. The van der Waals surface area contributed by atoms with Crippen LogP contribution in [0.3, 0.4) is 0 Å². The molecule has 0 bridgehead atoms. The normalized spacial score (nSPS) is 38.2. The first-order chi connectivity index (χ1) is 7.91. The van der Waals surface area contributed by atoms with Crippen molar-refractivity contribution in [1.82, 2.24) is 0 Å². The summed E-state index contributed by atoms with van der Waals surface area (Å²) in [5.41, 5.74) is 1.93. The number of rotatable bonds is 0. The van der Waals surface area contributed by atoms with Crippen molar-refractivity contribution >= 4 is 5.97 Å². The van der Waals surface area contributed by atoms with Crippen LogP contribution in [-0.4, -0.2) is 22.3 Å². The summed E-state index contributed by atoms with van der Waals surface area (Å²) < 4.78 is 0. The second-order valence-corrected chi connectivity index (χ2v) is 5.36. The fourth-order valence-corrected chi connectivity index (χ4v) is 3.47. The van der Waals surface area contributed by atoms with Gasteiger partial charge in [-0.25, -0.2) is 0 Å². The lowest BCUT2D eigenvalue weighted by Gasteiger charge is -2.40. The highest BCUT2D eigenvalue weighted by Gasteiger charge is 2.47. The van der Waals surface area contributed by atoms with E-state index in [2.05, 4.69) is 19.9 Å². The van der Waals surface area contributed by atoms with Gasteiger partial charge in [-0.2, -0.15) is 0 Å². The molecule has 0 unspecified atom stereocenters. The highest BCUT2D eigenvalue weighted by Crippen LogP contribution is 2.54. The third-order valence-electron chi connectivity index (χ3n) is 4.29. The molecule has 0 amide bonds. The van der Waals surface area contributed by atoms with Gasteiger partial charge in [0.2, 0.25) is 0 Å². The predicted molar refractivity (Wildman–Crippen MR) is 67.8 cm³/mol. The summed E-state index contributed by atoms with van der Waals surface area (Å²) in [6.07, 6.45) is 8.18. The van der Waals surface area contributed by atoms with Crippen molar-refractivity contribution in [2.24, 2.45) is 11.3 Å². The molecule has 3 nitrogen and oxygen atoms in total. The Bertz CT molecular complexity index is 305. The largest absolute Gasteiger partial charge is 0.481 e. The Balaban J connectivity index is 0.000000317. The van der Waals surface area contributed by atoms with Gasteiger partial charge in [-0.15, -0.1) is 0 Å². The highest BCUT2D eigenvalue weighted by atomic mass is 16.4. The molecule has 17 heavy (non-hydrogen) atoms. The Labute approximate surface area is 104 Å². The Morgan fingerprint density at radius 2 is 2.06 bits per heavy atom. The van der Waals surface area contributed by atoms with Crippen LogP contribution in [-0.2, 0) is 4.79 Å². The van der Waals surface area contributed by atoms with E-state index in [0.717, 1.165) is 13.3 Å². The maximum atomic E-state index is 9.93. The molecule has 3 heteroatoms. The quantitative estimate of drug-likeness (QED) is 0.640. The van der Waals surface area contributed by atoms with Crippen molar-refractivity contribution in [2.45, 2.75) is 59.0 Å². The van der Waals surface area contributed by atoms with Gasteiger partial charge < -0.3 is 10.2 Å². The first kappa shape index (κ1) is 14.2. The molecule has 0 spiro atoms. The summed E-state index contributed by atoms with van der Waals surface area (Å²) in [6, 6.07) is 0. The molecular weight excluding hydrogens is 216 g/mol. The Hall–Kier alpha value is -0.830. The molecule has 2 aliphatic carbocycles. The molecule has 2 fully saturated rings. The van der Waals surface area contributed by atoms with Crippen LogP contribution in [0.5, 0.6) is 0 Å². The highest BCUT2D eigenvalue weighted by molar-refractivity contribution is 5.62. The Morgan fingerprint density at radius 1 is 1.47 bits per heavy atom. The predicted octanol–water partition coefficient (Wildman–Crippen LogP) is 2.98. The molecular formula is C14H24O3. The number of hydrogen-bond acceptors (Lipinski definition) is 2. The van der Waals surface area contributed by atoms with Crippen LogP contribution in [0.15, 0.2) is 11.6 Å². The van der Waals surface area contributed by atoms with Gasteiger partial charge in [-0.1, -0.05) is 18.6 Å². The monoisotopic (exact) mass is 240 g/mol. The van der Waals surface area contributed by atoms with E-state index in [9.17, 15) is 5.11 Å². The van der Waals surface area contributed by atoms with Crippen molar-refractivity contribution in [2.75, 3.05) is 0 Å². The minimum Gasteiger partial charge on any atom is -0.481 e. The summed E-state index contributed by atoms with van der Waals surface area (Å²) >= 11 is 0. The van der Waals surface area contributed by atoms with Gasteiger partial charge in [0.1, 0.15) is 0 Å². The van der Waals surface area contributed by atoms with Crippen LogP contribution in [0, 0.1) is 11.3 Å². The van der Waals surface area contributed by atoms with Crippen molar-refractivity contribution in [3.05, 3.63) is 11.6 Å². The summed E-state index contributed by atoms with van der Waals surface area (Å²) in [5.74, 6) is -0.285. The number of fused-ring (bicyclic) bond motifs is 1. The number of allylic oxidation sites excluding steroid dienone is 2. The van der Waals surface area contributed by atoms with Crippen LogP contribution in [0.4, 0.5) is 0 Å². The minimum atomic E-state index is -0.833. The van der Waals surface area contributed by atoms with Gasteiger partial charge in [0.05, 0.1) is 6.10 Å². The Kier molecular flexibility index (Phi) is 4.75. The van der Waals surface area contributed by atoms with Crippen LogP contribution in [0.2, 0.25) is 0 Å². The Morgan fingerprint density at radius 3 is 2.59 bits per heavy atom. The number of carboxylic acid groups (broad SMARTS) is 1. The van der Waals surface area contributed by atoms with Crippen LogP contribution in [0.25, 0.3) is 0 Å². The zero-order valence-electron chi connectivity index (χ0n) is 11.1. The lowest BCUT2D eigenvalue weighted by atomic mass is 9.66. The molecule has 0 aromatic carbocycles. The van der Waals surface area contributed by atoms with E-state index >= 15 is 0 Å². The second-order valence-electron chi connectivity index (χ2n) is 5.36. The number of aliphatic hydroxyl groups excluding tert-OH is 1. The van der Waals surface area contributed by atoms with E-state index in [-0.39, 0.29) is 6.10 Å². The van der Waals surface area contributed by atoms with Gasteiger partial charge in [-0.05, 0) is 50.4 Å². The second kappa shape index (κ2) is 5.67. The van der Waals surface area contributed by atoms with Crippen molar-refractivity contribution in [3.63, 3.8) is 0 Å². The number of aliphatic carboxylic acids is 1. The molecule has 0 heterocycles. The molecule has 0 radical (unpaired) electrons. The number of hydrogen-bond donors (Lipinski definition) is 2. The fraction of sp³-hybridized carbons (Fsp3) is 0.786. The van der Waals surface area contributed by atoms with Gasteiger partial charge in [0.25, 0.3) is 5.97 Å². The summed E-state index contributed by atoms with van der Waals surface area (Å²) in [4.78, 5) is 9.00. The number of aliphatic hydroxyl groups is 1. The van der Waals surface area contributed by atoms with Gasteiger partial charge in [0.15, 0.2) is 0 Å². The molecule has 3 atom stereocenters. The fourth-order valence-electron chi connectivity index (χ4n) is 3.47. The van der Waals surface area contributed by atoms with Gasteiger partial charge in [-0.3, -0.25) is 4.79 Å². The lowest BCUT2D eigenvalue weighted by molar-refractivity contribution is -0.134. The van der Waals surface area contributed by atoms with Crippen LogP contribution >= 0.6 is 0 Å². The van der Waals surface area contributed by atoms with Gasteiger partial charge in [0, 0.05) is 6.92 Å². The zero-order chi connectivity index (χ0) is 13.1. The molecule has 2 N–H and O–H groups in total. The lowest BCUT2D eigenvalue weighted by Crippen LogP contribution is -2.37. The maximum Gasteiger partial charge on any atom is 0.300 e. The molecule has 2 saturated carbocycles. The molecule has 2 rings (SSSR count). The van der Waals surface area contributed by atoms with E-state index in [1.807, 2.05) is 0 Å². The molecule has 2 aliphatic rings. The first-order valence-electron chi connectivity index (χ1n) is 6.45. The average molecular weight is 240 g/mol. The van der Waals surface area contributed by atoms with Crippen molar-refractivity contribution in [1.29, 1.82) is 0 Å². The summed E-state index contributed by atoms with van der Waals surface area (Å²) in [6.45, 7) is 5.58. The SMILES string of the molecule is CC(=O)O.CC=C1CC[C@H]2[C@@H](O)CCC[C@]12C. The van der Waals surface area contributed by atoms with E-state index < -0.39 is 5.97 Å². The molecule has 98 valence electrons. The molecule has 0 saturated heterocycles. The third-order valence-corrected chi connectivity index (χ3v) is 4.29. The van der Waals surface area contributed by atoms with E-state index in [1.54, 1.807) is 5.57 Å². The molecule has 0 aromatic rings. The van der Waals surface area contributed by atoms with E-state index in [4.69, 9.17) is 9.90 Å². The van der Waals surface area contributed by atoms with E-state index in [1.165, 1.54) is 25.7 Å². The summed E-state index contributed by atoms with van der Waals surface area (Å²) in [7, 11) is 0. The first-order valence-corrected chi connectivity index (χ1v) is 6.45. The van der Waals surface area contributed by atoms with Crippen LogP contribution in [0.1, 0.15) is 52.9 Å². The van der Waals surface area contributed by atoms with Gasteiger partial charge >= 0.3 is 0 Å². The van der Waals surface area contributed by atoms with Crippen molar-refractivity contribution in [3.8, 4) is 0 Å². The third kappa shape index (κ3) is 3.09. The number of carbonyl (C=O) groups is 1. The smallest absolute Gasteiger partial charge is 0.300 e.